The first-order chi connectivity index (χ1) is 17.3. The summed E-state index contributed by atoms with van der Waals surface area (Å²) in [5.41, 5.74) is 4.52. The first kappa shape index (κ1) is 23.7. The topological polar surface area (TPSA) is 50.1 Å². The largest absolute Gasteiger partial charge is 0.379 e. The predicted octanol–water partition coefficient (Wildman–Crippen LogP) is 4.40. The SMILES string of the molecule is O=C(CCc1ccccc1)N(CCc1csc2nc(-c3ccccc3)cn12)CCN1CCOCC1. The molecule has 0 spiro atoms. The fraction of sp³-hybridized carbons (Fsp3) is 0.357. The zero-order chi connectivity index (χ0) is 23.9. The summed E-state index contributed by atoms with van der Waals surface area (Å²) in [5, 5.41) is 2.17. The molecule has 6 nitrogen and oxygen atoms in total. The number of thiazole rings is 1. The van der Waals surface area contributed by atoms with Gasteiger partial charge in [0.05, 0.1) is 18.9 Å². The summed E-state index contributed by atoms with van der Waals surface area (Å²) in [4.78, 5) is 23.5. The van der Waals surface area contributed by atoms with Crippen molar-refractivity contribution in [1.82, 2.24) is 19.2 Å². The molecule has 4 aromatic rings. The molecule has 0 unspecified atom stereocenters. The van der Waals surface area contributed by atoms with E-state index in [1.54, 1.807) is 11.3 Å². The van der Waals surface area contributed by atoms with Gasteiger partial charge in [-0.3, -0.25) is 14.1 Å². The van der Waals surface area contributed by atoms with Crippen molar-refractivity contribution in [1.29, 1.82) is 0 Å². The van der Waals surface area contributed by atoms with Crippen LogP contribution in [0.1, 0.15) is 17.7 Å². The van der Waals surface area contributed by atoms with Crippen LogP contribution in [0.3, 0.4) is 0 Å². The minimum absolute atomic E-state index is 0.226. The molecule has 0 bridgehead atoms. The molecule has 0 N–H and O–H groups in total. The van der Waals surface area contributed by atoms with E-state index in [0.29, 0.717) is 13.0 Å². The number of amides is 1. The smallest absolute Gasteiger partial charge is 0.222 e. The summed E-state index contributed by atoms with van der Waals surface area (Å²) in [6.07, 6.45) is 4.24. The number of rotatable bonds is 10. The van der Waals surface area contributed by atoms with Crippen LogP contribution in [0.5, 0.6) is 0 Å². The van der Waals surface area contributed by atoms with Crippen LogP contribution in [-0.4, -0.2) is 71.0 Å². The average Bonchev–Trinajstić information content (AvgIpc) is 3.51. The van der Waals surface area contributed by atoms with Crippen molar-refractivity contribution in [3.63, 3.8) is 0 Å². The molecule has 182 valence electrons. The Bertz CT molecular complexity index is 1220. The molecule has 2 aromatic heterocycles. The zero-order valence-corrected chi connectivity index (χ0v) is 20.8. The third-order valence-electron chi connectivity index (χ3n) is 6.60. The van der Waals surface area contributed by atoms with E-state index in [2.05, 4.69) is 50.0 Å². The molecule has 1 amide bonds. The van der Waals surface area contributed by atoms with Crippen molar-refractivity contribution < 1.29 is 9.53 Å². The number of benzene rings is 2. The molecule has 0 radical (unpaired) electrons. The van der Waals surface area contributed by atoms with Gasteiger partial charge in [-0.1, -0.05) is 60.7 Å². The molecule has 1 aliphatic rings. The summed E-state index contributed by atoms with van der Waals surface area (Å²) < 4.78 is 7.67. The van der Waals surface area contributed by atoms with E-state index in [1.165, 1.54) is 11.3 Å². The van der Waals surface area contributed by atoms with Gasteiger partial charge in [-0.05, 0) is 12.0 Å². The quantitative estimate of drug-likeness (QED) is 0.332. The second-order valence-electron chi connectivity index (χ2n) is 8.94. The number of imidazole rings is 1. The Morgan fingerprint density at radius 2 is 1.71 bits per heavy atom. The fourth-order valence-electron chi connectivity index (χ4n) is 4.51. The highest BCUT2D eigenvalue weighted by Crippen LogP contribution is 2.24. The Labute approximate surface area is 210 Å². The van der Waals surface area contributed by atoms with Crippen LogP contribution in [0.2, 0.25) is 0 Å². The minimum atomic E-state index is 0.226. The highest BCUT2D eigenvalue weighted by Gasteiger charge is 2.18. The van der Waals surface area contributed by atoms with Crippen LogP contribution in [0.25, 0.3) is 16.2 Å². The molecule has 0 aliphatic carbocycles. The average molecular weight is 489 g/mol. The third kappa shape index (κ3) is 6.17. The van der Waals surface area contributed by atoms with Gasteiger partial charge in [-0.25, -0.2) is 4.98 Å². The normalized spacial score (nSPS) is 14.4. The first-order valence-corrected chi connectivity index (χ1v) is 13.3. The number of carbonyl (C=O) groups excluding carboxylic acids is 1. The number of ether oxygens (including phenoxy) is 1. The summed E-state index contributed by atoms with van der Waals surface area (Å²) in [5.74, 6) is 0.226. The number of nitrogens with zero attached hydrogens (tertiary/aromatic N) is 4. The summed E-state index contributed by atoms with van der Waals surface area (Å²) in [6.45, 7) is 5.78. The van der Waals surface area contributed by atoms with E-state index >= 15 is 0 Å². The van der Waals surface area contributed by atoms with E-state index < -0.39 is 0 Å². The Balaban J connectivity index is 1.25. The van der Waals surface area contributed by atoms with Crippen LogP contribution in [0.4, 0.5) is 0 Å². The Morgan fingerprint density at radius 3 is 2.49 bits per heavy atom. The zero-order valence-electron chi connectivity index (χ0n) is 20.0. The van der Waals surface area contributed by atoms with Gasteiger partial charge in [0.2, 0.25) is 5.91 Å². The molecule has 0 saturated carbocycles. The fourth-order valence-corrected chi connectivity index (χ4v) is 5.42. The maximum absolute atomic E-state index is 13.3. The van der Waals surface area contributed by atoms with Crippen molar-refractivity contribution in [3.05, 3.63) is 83.5 Å². The Kier molecular flexibility index (Phi) is 7.88. The second-order valence-corrected chi connectivity index (χ2v) is 9.78. The van der Waals surface area contributed by atoms with E-state index in [-0.39, 0.29) is 5.91 Å². The van der Waals surface area contributed by atoms with Gasteiger partial charge >= 0.3 is 0 Å². The lowest BCUT2D eigenvalue weighted by atomic mass is 10.1. The molecule has 7 heteroatoms. The van der Waals surface area contributed by atoms with Crippen LogP contribution in [0, 0.1) is 0 Å². The predicted molar refractivity (Wildman–Crippen MR) is 141 cm³/mol. The van der Waals surface area contributed by atoms with Gasteiger partial charge in [-0.2, -0.15) is 0 Å². The molecular formula is C28H32N4O2S. The molecule has 2 aromatic carbocycles. The number of aryl methyl sites for hydroxylation is 1. The molecule has 1 saturated heterocycles. The molecule has 1 fully saturated rings. The number of morpholine rings is 1. The van der Waals surface area contributed by atoms with E-state index in [0.717, 1.165) is 68.5 Å². The number of hydrogen-bond donors (Lipinski definition) is 0. The summed E-state index contributed by atoms with van der Waals surface area (Å²) in [7, 11) is 0. The Hall–Kier alpha value is -3.00. The monoisotopic (exact) mass is 488 g/mol. The summed E-state index contributed by atoms with van der Waals surface area (Å²) >= 11 is 1.66. The Morgan fingerprint density at radius 1 is 0.971 bits per heavy atom. The van der Waals surface area contributed by atoms with Crippen LogP contribution < -0.4 is 0 Å². The number of fused-ring (bicyclic) bond motifs is 1. The highest BCUT2D eigenvalue weighted by atomic mass is 32.1. The van der Waals surface area contributed by atoms with Crippen molar-refractivity contribution in [2.45, 2.75) is 19.3 Å². The van der Waals surface area contributed by atoms with Gasteiger partial charge in [0.25, 0.3) is 0 Å². The molecular weight excluding hydrogens is 456 g/mol. The maximum atomic E-state index is 13.3. The molecule has 1 aliphatic heterocycles. The minimum Gasteiger partial charge on any atom is -0.379 e. The number of hydrogen-bond acceptors (Lipinski definition) is 5. The van der Waals surface area contributed by atoms with E-state index in [1.807, 2.05) is 36.4 Å². The van der Waals surface area contributed by atoms with E-state index in [4.69, 9.17) is 9.72 Å². The lowest BCUT2D eigenvalue weighted by molar-refractivity contribution is -0.131. The van der Waals surface area contributed by atoms with Gasteiger partial charge in [0.1, 0.15) is 0 Å². The lowest BCUT2D eigenvalue weighted by Gasteiger charge is -2.30. The first-order valence-electron chi connectivity index (χ1n) is 12.4. The number of aromatic nitrogens is 2. The van der Waals surface area contributed by atoms with Gasteiger partial charge < -0.3 is 9.64 Å². The van der Waals surface area contributed by atoms with Gasteiger partial charge in [-0.15, -0.1) is 11.3 Å². The van der Waals surface area contributed by atoms with Gasteiger partial charge in [0, 0.05) is 68.4 Å². The van der Waals surface area contributed by atoms with Crippen LogP contribution >= 0.6 is 11.3 Å². The van der Waals surface area contributed by atoms with Crippen LogP contribution in [-0.2, 0) is 22.4 Å². The number of carbonyl (C=O) groups is 1. The maximum Gasteiger partial charge on any atom is 0.222 e. The van der Waals surface area contributed by atoms with Crippen molar-refractivity contribution in [3.8, 4) is 11.3 Å². The van der Waals surface area contributed by atoms with Gasteiger partial charge in [0.15, 0.2) is 4.96 Å². The molecule has 0 atom stereocenters. The van der Waals surface area contributed by atoms with Crippen LogP contribution in [0.15, 0.2) is 72.2 Å². The highest BCUT2D eigenvalue weighted by molar-refractivity contribution is 7.15. The van der Waals surface area contributed by atoms with Crippen molar-refractivity contribution >= 4 is 22.2 Å². The third-order valence-corrected chi connectivity index (χ3v) is 7.49. The second kappa shape index (κ2) is 11.6. The molecule has 35 heavy (non-hydrogen) atoms. The standard InChI is InChI=1S/C28H32N4O2S/c33-27(12-11-23-7-3-1-4-8-23)31(16-15-30-17-19-34-20-18-30)14-13-25-22-35-28-29-26(21-32(25)28)24-9-5-2-6-10-24/h1-10,21-22H,11-20H2. The van der Waals surface area contributed by atoms with E-state index in [9.17, 15) is 4.79 Å². The molecule has 5 rings (SSSR count). The van der Waals surface area contributed by atoms with Crippen molar-refractivity contribution in [2.75, 3.05) is 45.9 Å². The van der Waals surface area contributed by atoms with Crippen molar-refractivity contribution in [2.24, 2.45) is 0 Å². The lowest BCUT2D eigenvalue weighted by Crippen LogP contribution is -2.43. The molecule has 3 heterocycles. The summed E-state index contributed by atoms with van der Waals surface area (Å²) in [6, 6.07) is 20.5.